The van der Waals surface area contributed by atoms with Crippen molar-refractivity contribution in [3.8, 4) is 0 Å². The van der Waals surface area contributed by atoms with Gasteiger partial charge >= 0.3 is 0 Å². The van der Waals surface area contributed by atoms with Crippen LogP contribution in [0.2, 0.25) is 10.1 Å². The van der Waals surface area contributed by atoms with Gasteiger partial charge in [0.2, 0.25) is 0 Å². The quantitative estimate of drug-likeness (QED) is 0.556. The first-order chi connectivity index (χ1) is 5.83. The average Bonchev–Trinajstić information content (AvgIpc) is 1.82. The first-order valence-electron chi connectivity index (χ1n) is 5.70. The van der Waals surface area contributed by atoms with Gasteiger partial charge < -0.3 is 0 Å². The molecule has 0 saturated heterocycles. The van der Waals surface area contributed by atoms with Crippen molar-refractivity contribution in [1.82, 2.24) is 0 Å². The van der Waals surface area contributed by atoms with Crippen molar-refractivity contribution in [3.05, 3.63) is 0 Å². The van der Waals surface area contributed by atoms with E-state index in [0.717, 1.165) is 0 Å². The highest BCUT2D eigenvalue weighted by Crippen LogP contribution is 2.41. The van der Waals surface area contributed by atoms with Gasteiger partial charge in [0.05, 0.1) is 0 Å². The molecule has 0 heterocycles. The molecule has 1 radical (unpaired) electrons. The van der Waals surface area contributed by atoms with Crippen LogP contribution in [-0.2, 0) is 0 Å². The van der Waals surface area contributed by atoms with Gasteiger partial charge in [-0.2, -0.15) is 0 Å². The van der Waals surface area contributed by atoms with Crippen molar-refractivity contribution >= 4 is 9.52 Å². The highest BCUT2D eigenvalue weighted by molar-refractivity contribution is 6.43. The summed E-state index contributed by atoms with van der Waals surface area (Å²) in [6, 6.07) is 0. The van der Waals surface area contributed by atoms with Gasteiger partial charge in [-0.05, 0) is 10.1 Å². The van der Waals surface area contributed by atoms with Crippen molar-refractivity contribution in [2.75, 3.05) is 0 Å². The average molecular weight is 199 g/mol. The van der Waals surface area contributed by atoms with Crippen LogP contribution in [0.1, 0.15) is 67.2 Å². The molecule has 1 heteroatoms. The highest BCUT2D eigenvalue weighted by Gasteiger charge is 2.28. The lowest BCUT2D eigenvalue weighted by Crippen LogP contribution is -2.24. The molecule has 0 amide bonds. The van der Waals surface area contributed by atoms with Gasteiger partial charge in [0, 0.05) is 9.52 Å². The Bertz CT molecular complexity index is 120. The van der Waals surface area contributed by atoms with Crippen LogP contribution in [0.3, 0.4) is 0 Å². The molecule has 0 aliphatic carbocycles. The lowest BCUT2D eigenvalue weighted by Gasteiger charge is -2.34. The number of rotatable bonds is 6. The molecule has 0 nitrogen and oxygen atoms in total. The zero-order valence-corrected chi connectivity index (χ0v) is 11.6. The van der Waals surface area contributed by atoms with Crippen molar-refractivity contribution in [2.45, 2.75) is 77.3 Å². The van der Waals surface area contributed by atoms with E-state index in [0.29, 0.717) is 19.6 Å². The van der Waals surface area contributed by atoms with Crippen LogP contribution in [0.4, 0.5) is 0 Å². The maximum atomic E-state index is 2.45. The second-order valence-corrected chi connectivity index (χ2v) is 9.04. The Labute approximate surface area is 87.3 Å². The maximum absolute atomic E-state index is 2.45. The molecule has 0 aliphatic heterocycles. The molecule has 0 rings (SSSR count). The molecule has 13 heavy (non-hydrogen) atoms. The summed E-state index contributed by atoms with van der Waals surface area (Å²) >= 11 is 0. The van der Waals surface area contributed by atoms with Gasteiger partial charge in [-0.15, -0.1) is 0 Å². The van der Waals surface area contributed by atoms with E-state index in [1.165, 1.54) is 25.7 Å². The molecule has 0 aromatic rings. The van der Waals surface area contributed by atoms with Gasteiger partial charge in [-0.25, -0.2) is 0 Å². The molecule has 0 aromatic carbocycles. The van der Waals surface area contributed by atoms with E-state index >= 15 is 0 Å². The van der Waals surface area contributed by atoms with Crippen LogP contribution in [-0.4, -0.2) is 9.52 Å². The predicted octanol–water partition coefficient (Wildman–Crippen LogP) is 4.42. The molecule has 0 bridgehead atoms. The minimum Gasteiger partial charge on any atom is -0.0654 e. The Morgan fingerprint density at radius 2 is 1.08 bits per heavy atom. The Hall–Kier alpha value is 0.217. The second kappa shape index (κ2) is 5.19. The SMILES string of the molecule is CCCC(C)(C)[SiH]C(C)(C)CCC. The number of hydrogen-bond donors (Lipinski definition) is 0. The second-order valence-electron chi connectivity index (χ2n) is 5.62. The lowest BCUT2D eigenvalue weighted by atomic mass is 10.1. The summed E-state index contributed by atoms with van der Waals surface area (Å²) < 4.78 is 0. The molecule has 0 spiro atoms. The van der Waals surface area contributed by atoms with E-state index in [4.69, 9.17) is 0 Å². The summed E-state index contributed by atoms with van der Waals surface area (Å²) in [6.07, 6.45) is 5.47. The van der Waals surface area contributed by atoms with Gasteiger partial charge in [-0.1, -0.05) is 67.2 Å². The maximum Gasteiger partial charge on any atom is 0.0413 e. The lowest BCUT2D eigenvalue weighted by molar-refractivity contribution is 0.528. The van der Waals surface area contributed by atoms with Crippen molar-refractivity contribution in [3.63, 3.8) is 0 Å². The van der Waals surface area contributed by atoms with Crippen LogP contribution in [0.25, 0.3) is 0 Å². The van der Waals surface area contributed by atoms with Gasteiger partial charge in [0.1, 0.15) is 0 Å². The van der Waals surface area contributed by atoms with Crippen LogP contribution in [0.15, 0.2) is 0 Å². The molecule has 0 unspecified atom stereocenters. The van der Waals surface area contributed by atoms with Gasteiger partial charge in [-0.3, -0.25) is 0 Å². The fourth-order valence-electron chi connectivity index (χ4n) is 2.49. The fourth-order valence-corrected chi connectivity index (χ4v) is 5.47. The molecular weight excluding hydrogens is 172 g/mol. The third-order valence-electron chi connectivity index (χ3n) is 2.57. The summed E-state index contributed by atoms with van der Waals surface area (Å²) in [4.78, 5) is 0. The van der Waals surface area contributed by atoms with E-state index in [1.54, 1.807) is 0 Å². The summed E-state index contributed by atoms with van der Waals surface area (Å²) in [5.74, 6) is 0. The molecule has 0 aliphatic rings. The Balaban J connectivity index is 4.07. The Morgan fingerprint density at radius 3 is 1.31 bits per heavy atom. The fraction of sp³-hybridized carbons (Fsp3) is 1.00. The third-order valence-corrected chi connectivity index (χ3v) is 4.71. The molecule has 0 saturated carbocycles. The molecule has 0 N–H and O–H groups in total. The minimum absolute atomic E-state index is 0.572. The Morgan fingerprint density at radius 1 is 0.769 bits per heavy atom. The third kappa shape index (κ3) is 6.31. The van der Waals surface area contributed by atoms with Gasteiger partial charge in [0.25, 0.3) is 0 Å². The first kappa shape index (κ1) is 13.2. The highest BCUT2D eigenvalue weighted by atomic mass is 28.2. The molecule has 0 atom stereocenters. The Kier molecular flexibility index (Phi) is 5.27. The molecule has 0 fully saturated rings. The van der Waals surface area contributed by atoms with Crippen molar-refractivity contribution in [2.24, 2.45) is 0 Å². The summed E-state index contributed by atoms with van der Waals surface area (Å²) in [5.41, 5.74) is 0. The summed E-state index contributed by atoms with van der Waals surface area (Å²) in [7, 11) is 0.572. The minimum atomic E-state index is 0.572. The molecular formula is C12H27Si. The van der Waals surface area contributed by atoms with E-state index in [2.05, 4.69) is 41.5 Å². The van der Waals surface area contributed by atoms with Crippen molar-refractivity contribution < 1.29 is 0 Å². The normalized spacial score (nSPS) is 13.4. The van der Waals surface area contributed by atoms with E-state index in [1.807, 2.05) is 0 Å². The van der Waals surface area contributed by atoms with Crippen LogP contribution in [0.5, 0.6) is 0 Å². The van der Waals surface area contributed by atoms with Crippen LogP contribution in [0, 0.1) is 0 Å². The summed E-state index contributed by atoms with van der Waals surface area (Å²) in [6.45, 7) is 14.4. The monoisotopic (exact) mass is 199 g/mol. The standard InChI is InChI=1S/C12H27Si/c1-7-9-11(3,4)13-12(5,6)10-8-2/h13H,7-10H2,1-6H3. The van der Waals surface area contributed by atoms with E-state index < -0.39 is 0 Å². The predicted molar refractivity (Wildman–Crippen MR) is 65.0 cm³/mol. The van der Waals surface area contributed by atoms with Gasteiger partial charge in [0.15, 0.2) is 0 Å². The van der Waals surface area contributed by atoms with E-state index in [9.17, 15) is 0 Å². The number of hydrogen-bond acceptors (Lipinski definition) is 0. The smallest absolute Gasteiger partial charge is 0.0413 e. The molecule has 0 aromatic heterocycles. The largest absolute Gasteiger partial charge is 0.0654 e. The molecule has 79 valence electrons. The van der Waals surface area contributed by atoms with Crippen molar-refractivity contribution in [1.29, 1.82) is 0 Å². The topological polar surface area (TPSA) is 0 Å². The first-order valence-corrected chi connectivity index (χ1v) is 6.85. The summed E-state index contributed by atoms with van der Waals surface area (Å²) in [5, 5.41) is 1.24. The zero-order valence-electron chi connectivity index (χ0n) is 10.4. The zero-order chi connectivity index (χ0) is 10.5. The van der Waals surface area contributed by atoms with Crippen LogP contribution >= 0.6 is 0 Å². The van der Waals surface area contributed by atoms with E-state index in [-0.39, 0.29) is 0 Å². The van der Waals surface area contributed by atoms with Crippen LogP contribution < -0.4 is 0 Å².